The quantitative estimate of drug-likeness (QED) is 0.843. The van der Waals surface area contributed by atoms with Crippen LogP contribution in [0.3, 0.4) is 0 Å². The molecule has 2 aromatic carbocycles. The van der Waals surface area contributed by atoms with Gasteiger partial charge in [0.05, 0.1) is 17.4 Å². The fourth-order valence-electron chi connectivity index (χ4n) is 4.09. The Bertz CT molecular complexity index is 910. The number of rotatable bonds is 3. The highest BCUT2D eigenvalue weighted by Crippen LogP contribution is 2.31. The number of benzene rings is 2. The molecule has 1 atom stereocenters. The summed E-state index contributed by atoms with van der Waals surface area (Å²) in [6.45, 7) is 4.98. The monoisotopic (exact) mass is 392 g/mol. The zero-order valence-electron chi connectivity index (χ0n) is 17.1. The van der Waals surface area contributed by atoms with Gasteiger partial charge in [-0.3, -0.25) is 9.59 Å². The van der Waals surface area contributed by atoms with E-state index in [-0.39, 0.29) is 17.9 Å². The SMILES string of the molecule is CCc1ccc(C2CNCCN2C(=O)c2ccc3c(c2)NC(=O)CCN3C)cc1. The van der Waals surface area contributed by atoms with Gasteiger partial charge in [0.1, 0.15) is 0 Å². The molecule has 0 saturated carbocycles. The van der Waals surface area contributed by atoms with Gasteiger partial charge >= 0.3 is 0 Å². The van der Waals surface area contributed by atoms with E-state index in [1.165, 1.54) is 5.56 Å². The molecule has 0 radical (unpaired) electrons. The predicted molar refractivity (Wildman–Crippen MR) is 115 cm³/mol. The highest BCUT2D eigenvalue weighted by molar-refractivity contribution is 6.01. The fraction of sp³-hybridized carbons (Fsp3) is 0.391. The van der Waals surface area contributed by atoms with Gasteiger partial charge in [-0.2, -0.15) is 0 Å². The van der Waals surface area contributed by atoms with Gasteiger partial charge in [0.25, 0.3) is 5.91 Å². The number of amides is 2. The van der Waals surface area contributed by atoms with Crippen molar-refractivity contribution >= 4 is 23.2 Å². The number of hydrogen-bond donors (Lipinski definition) is 2. The van der Waals surface area contributed by atoms with Crippen LogP contribution in [0.15, 0.2) is 42.5 Å². The van der Waals surface area contributed by atoms with Gasteiger partial charge in [0.15, 0.2) is 0 Å². The first kappa shape index (κ1) is 19.5. The highest BCUT2D eigenvalue weighted by atomic mass is 16.2. The number of fused-ring (bicyclic) bond motifs is 1. The molecule has 4 rings (SSSR count). The molecule has 2 aromatic rings. The van der Waals surface area contributed by atoms with Crippen LogP contribution < -0.4 is 15.5 Å². The largest absolute Gasteiger partial charge is 0.372 e. The summed E-state index contributed by atoms with van der Waals surface area (Å²) in [5, 5.41) is 6.35. The van der Waals surface area contributed by atoms with E-state index in [1.54, 1.807) is 0 Å². The van der Waals surface area contributed by atoms with E-state index < -0.39 is 0 Å². The second-order valence-corrected chi connectivity index (χ2v) is 7.77. The Morgan fingerprint density at radius 3 is 2.69 bits per heavy atom. The van der Waals surface area contributed by atoms with Crippen LogP contribution in [0.2, 0.25) is 0 Å². The number of carbonyl (C=O) groups excluding carboxylic acids is 2. The molecule has 1 saturated heterocycles. The van der Waals surface area contributed by atoms with E-state index in [9.17, 15) is 9.59 Å². The smallest absolute Gasteiger partial charge is 0.254 e. The van der Waals surface area contributed by atoms with Gasteiger partial charge < -0.3 is 20.4 Å². The Hall–Kier alpha value is -2.86. The molecule has 2 N–H and O–H groups in total. The maximum Gasteiger partial charge on any atom is 0.254 e. The van der Waals surface area contributed by atoms with Gasteiger partial charge in [-0.1, -0.05) is 31.2 Å². The molecule has 29 heavy (non-hydrogen) atoms. The maximum atomic E-state index is 13.4. The first-order valence-corrected chi connectivity index (χ1v) is 10.3. The average Bonchev–Trinajstić information content (AvgIpc) is 2.90. The van der Waals surface area contributed by atoms with Crippen LogP contribution >= 0.6 is 0 Å². The molecule has 2 aliphatic heterocycles. The van der Waals surface area contributed by atoms with Crippen molar-refractivity contribution in [3.63, 3.8) is 0 Å². The highest BCUT2D eigenvalue weighted by Gasteiger charge is 2.29. The molecule has 2 aliphatic rings. The molecule has 1 unspecified atom stereocenters. The third kappa shape index (κ3) is 3.98. The second kappa shape index (κ2) is 8.25. The van der Waals surface area contributed by atoms with E-state index in [0.717, 1.165) is 30.8 Å². The van der Waals surface area contributed by atoms with E-state index >= 15 is 0 Å². The molecule has 6 heteroatoms. The standard InChI is InChI=1S/C23H28N4O2/c1-3-16-4-6-17(7-5-16)21-15-24-11-13-27(21)23(29)18-8-9-20-19(14-18)25-22(28)10-12-26(20)2/h4-9,14,21,24H,3,10-13,15H2,1-2H3,(H,25,28). The van der Waals surface area contributed by atoms with Crippen molar-refractivity contribution in [2.45, 2.75) is 25.8 Å². The number of piperazine rings is 1. The summed E-state index contributed by atoms with van der Waals surface area (Å²) in [5.41, 5.74) is 4.70. The van der Waals surface area contributed by atoms with Crippen LogP contribution in [0.4, 0.5) is 11.4 Å². The van der Waals surface area contributed by atoms with E-state index in [0.29, 0.717) is 30.8 Å². The number of aryl methyl sites for hydroxylation is 1. The summed E-state index contributed by atoms with van der Waals surface area (Å²) in [7, 11) is 1.97. The van der Waals surface area contributed by atoms with Crippen molar-refractivity contribution in [3.05, 3.63) is 59.2 Å². The summed E-state index contributed by atoms with van der Waals surface area (Å²) in [4.78, 5) is 29.4. The maximum absolute atomic E-state index is 13.4. The van der Waals surface area contributed by atoms with Gasteiger partial charge in [0, 0.05) is 45.2 Å². The van der Waals surface area contributed by atoms with Crippen molar-refractivity contribution in [3.8, 4) is 0 Å². The Labute approximate surface area is 171 Å². The lowest BCUT2D eigenvalue weighted by atomic mass is 9.99. The minimum Gasteiger partial charge on any atom is -0.372 e. The van der Waals surface area contributed by atoms with Gasteiger partial charge in [-0.15, -0.1) is 0 Å². The first-order valence-electron chi connectivity index (χ1n) is 10.3. The predicted octanol–water partition coefficient (Wildman–Crippen LogP) is 2.81. The summed E-state index contributed by atoms with van der Waals surface area (Å²) in [6.07, 6.45) is 1.45. The van der Waals surface area contributed by atoms with Crippen molar-refractivity contribution in [2.75, 3.05) is 43.4 Å². The van der Waals surface area contributed by atoms with Crippen molar-refractivity contribution in [1.82, 2.24) is 10.2 Å². The fourth-order valence-corrected chi connectivity index (χ4v) is 4.09. The molecule has 6 nitrogen and oxygen atoms in total. The Kier molecular flexibility index (Phi) is 5.53. The number of anilines is 2. The molecular formula is C23H28N4O2. The van der Waals surface area contributed by atoms with Crippen molar-refractivity contribution in [2.24, 2.45) is 0 Å². The molecule has 0 bridgehead atoms. The zero-order chi connectivity index (χ0) is 20.4. The molecule has 0 aromatic heterocycles. The Morgan fingerprint density at radius 2 is 1.93 bits per heavy atom. The first-order chi connectivity index (χ1) is 14.1. The van der Waals surface area contributed by atoms with E-state index in [4.69, 9.17) is 0 Å². The Balaban J connectivity index is 1.62. The summed E-state index contributed by atoms with van der Waals surface area (Å²) < 4.78 is 0. The van der Waals surface area contributed by atoms with Gasteiger partial charge in [-0.25, -0.2) is 0 Å². The lowest BCUT2D eigenvalue weighted by Gasteiger charge is -2.37. The van der Waals surface area contributed by atoms with Crippen LogP contribution in [-0.2, 0) is 11.2 Å². The minimum absolute atomic E-state index is 0.0000158. The van der Waals surface area contributed by atoms with Crippen molar-refractivity contribution < 1.29 is 9.59 Å². The topological polar surface area (TPSA) is 64.7 Å². The lowest BCUT2D eigenvalue weighted by molar-refractivity contribution is -0.115. The lowest BCUT2D eigenvalue weighted by Crippen LogP contribution is -2.48. The molecule has 0 spiro atoms. The summed E-state index contributed by atoms with van der Waals surface area (Å²) in [5.74, 6) is -0.0173. The third-order valence-corrected chi connectivity index (χ3v) is 5.88. The zero-order valence-corrected chi connectivity index (χ0v) is 17.1. The number of hydrogen-bond acceptors (Lipinski definition) is 4. The van der Waals surface area contributed by atoms with Crippen LogP contribution in [-0.4, -0.2) is 49.9 Å². The third-order valence-electron chi connectivity index (χ3n) is 5.88. The second-order valence-electron chi connectivity index (χ2n) is 7.77. The van der Waals surface area contributed by atoms with Crippen LogP contribution in [0, 0.1) is 0 Å². The van der Waals surface area contributed by atoms with Gasteiger partial charge in [0.2, 0.25) is 5.91 Å². The molecular weight excluding hydrogens is 364 g/mol. The van der Waals surface area contributed by atoms with Crippen LogP contribution in [0.5, 0.6) is 0 Å². The molecule has 0 aliphatic carbocycles. The van der Waals surface area contributed by atoms with Gasteiger partial charge in [-0.05, 0) is 35.7 Å². The molecule has 2 amide bonds. The number of nitrogens with zero attached hydrogens (tertiary/aromatic N) is 2. The molecule has 2 heterocycles. The number of carbonyl (C=O) groups is 2. The van der Waals surface area contributed by atoms with Crippen molar-refractivity contribution in [1.29, 1.82) is 0 Å². The minimum atomic E-state index is -0.0174. The number of nitrogens with one attached hydrogen (secondary N) is 2. The van der Waals surface area contributed by atoms with E-state index in [1.807, 2.05) is 35.0 Å². The normalized spacial score (nSPS) is 19.4. The van der Waals surface area contributed by atoms with Crippen LogP contribution in [0.1, 0.15) is 40.9 Å². The summed E-state index contributed by atoms with van der Waals surface area (Å²) in [6, 6.07) is 14.2. The molecule has 152 valence electrons. The average molecular weight is 393 g/mol. The Morgan fingerprint density at radius 1 is 1.14 bits per heavy atom. The van der Waals surface area contributed by atoms with E-state index in [2.05, 4.69) is 41.8 Å². The molecule has 1 fully saturated rings. The van der Waals surface area contributed by atoms with Crippen LogP contribution in [0.25, 0.3) is 0 Å². The summed E-state index contributed by atoms with van der Waals surface area (Å²) >= 11 is 0.